The lowest BCUT2D eigenvalue weighted by molar-refractivity contribution is 0.935. The van der Waals surface area contributed by atoms with Crippen molar-refractivity contribution in [3.8, 4) is 11.1 Å². The summed E-state index contributed by atoms with van der Waals surface area (Å²) in [5, 5.41) is 7.35. The summed E-state index contributed by atoms with van der Waals surface area (Å²) in [6.45, 7) is 0. The van der Waals surface area contributed by atoms with Gasteiger partial charge in [-0.2, -0.15) is 0 Å². The minimum atomic E-state index is -0.0726. The van der Waals surface area contributed by atoms with Crippen molar-refractivity contribution < 1.29 is 0 Å². The van der Waals surface area contributed by atoms with Gasteiger partial charge in [-0.15, -0.1) is 0 Å². The highest BCUT2D eigenvalue weighted by molar-refractivity contribution is 5.91. The Bertz CT molecular complexity index is 6920. The van der Waals surface area contributed by atoms with Crippen LogP contribution in [0.5, 0.6) is 0 Å². The third kappa shape index (κ3) is 16.5. The van der Waals surface area contributed by atoms with Gasteiger partial charge in [0, 0.05) is 91.9 Å². The fraction of sp³-hybridized carbons (Fsp3) is 0.0323. The number of nitrogens with zero attached hydrogens (tertiary/aromatic N) is 4. The van der Waals surface area contributed by atoms with Crippen molar-refractivity contribution in [1.82, 2.24) is 0 Å². The maximum atomic E-state index is 2.43. The van der Waals surface area contributed by atoms with Crippen LogP contribution in [0.1, 0.15) is 90.4 Å². The summed E-state index contributed by atoms with van der Waals surface area (Å²) in [7, 11) is 0. The summed E-state index contributed by atoms with van der Waals surface area (Å²) in [5.41, 5.74) is 30.0. The van der Waals surface area contributed by atoms with Gasteiger partial charge in [0.05, 0.1) is 0 Å². The van der Waals surface area contributed by atoms with Gasteiger partial charge in [0.2, 0.25) is 0 Å². The van der Waals surface area contributed by atoms with Crippen molar-refractivity contribution >= 4 is 101 Å². The first-order chi connectivity index (χ1) is 63.5. The number of hydrogen-bond acceptors (Lipinski definition) is 4. The van der Waals surface area contributed by atoms with E-state index in [1.54, 1.807) is 0 Å². The molecule has 0 saturated heterocycles. The molecule has 0 bridgehead atoms. The van der Waals surface area contributed by atoms with Gasteiger partial charge >= 0.3 is 0 Å². The van der Waals surface area contributed by atoms with Gasteiger partial charge in [-0.25, -0.2) is 0 Å². The maximum Gasteiger partial charge on any atom is 0.0463 e. The Hall–Kier alpha value is -16.4. The van der Waals surface area contributed by atoms with E-state index in [2.05, 4.69) is 553 Å². The Morgan fingerprint density at radius 1 is 0.102 bits per heavy atom. The largest absolute Gasteiger partial charge is 0.311 e. The molecule has 128 heavy (non-hydrogen) atoms. The predicted molar refractivity (Wildman–Crippen MR) is 538 cm³/mol. The van der Waals surface area contributed by atoms with Gasteiger partial charge in [-0.05, 0) is 262 Å². The van der Waals surface area contributed by atoms with Crippen LogP contribution in [-0.4, -0.2) is 0 Å². The molecule has 0 radical (unpaired) electrons. The molecule has 0 aromatic heterocycles. The molecule has 0 amide bonds. The molecule has 0 N–H and O–H groups in total. The Morgan fingerprint density at radius 2 is 0.266 bits per heavy atom. The highest BCUT2D eigenvalue weighted by atomic mass is 15.2. The Morgan fingerprint density at radius 3 is 0.523 bits per heavy atom. The van der Waals surface area contributed by atoms with Gasteiger partial charge in [0.15, 0.2) is 0 Å². The van der Waals surface area contributed by atoms with Crippen LogP contribution < -0.4 is 19.6 Å². The molecule has 0 aliphatic carbocycles. The summed E-state index contributed by atoms with van der Waals surface area (Å²) in [4.78, 5) is 9.33. The van der Waals surface area contributed by atoms with Crippen LogP contribution in [-0.2, 0) is 0 Å². The van der Waals surface area contributed by atoms with E-state index in [4.69, 9.17) is 0 Å². The van der Waals surface area contributed by atoms with E-state index in [9.17, 15) is 0 Å². The van der Waals surface area contributed by atoms with Crippen molar-refractivity contribution in [3.05, 3.63) is 601 Å². The molecule has 4 nitrogen and oxygen atoms in total. The molecule has 0 spiro atoms. The third-order valence-corrected chi connectivity index (χ3v) is 25.2. The first-order valence-corrected chi connectivity index (χ1v) is 44.3. The van der Waals surface area contributed by atoms with Crippen LogP contribution in [0.3, 0.4) is 0 Å². The van der Waals surface area contributed by atoms with Crippen LogP contribution in [0.4, 0.5) is 68.2 Å². The maximum absolute atomic E-state index is 2.43. The van der Waals surface area contributed by atoms with Crippen molar-refractivity contribution in [2.24, 2.45) is 0 Å². The number of anilines is 12. The third-order valence-electron chi connectivity index (χ3n) is 25.2. The Balaban J connectivity index is 0.598. The Labute approximate surface area is 750 Å². The molecular formula is C124H92N4. The van der Waals surface area contributed by atoms with Crippen LogP contribution >= 0.6 is 0 Å². The fourth-order valence-corrected chi connectivity index (χ4v) is 19.0. The lowest BCUT2D eigenvalue weighted by atomic mass is 9.79. The molecule has 21 rings (SSSR count). The molecular weight excluding hydrogens is 1550 g/mol. The standard InChI is InChI=1S/C124H92N4/c1-9-31-93(32-10-1)122(105-66-50-89-29-25-27-37-102(89)85-105)99-59-53-96(54-60-99)121(97-55-61-100(62-56-97)123(94-33-11-2-12-34-94)106-67-51-90-30-26-28-38-103(90)86-106)98-57-63-101(64-58-98)124(95-35-13-3-14-36-95)107-68-52-92-49-65-104(87-108(92)88-107)91-69-71-114(72-70-91)127(113-47-23-8-24-48-113)117-77-83-120(84-78-117)128(118-79-73-115(74-80-118)125(109-39-15-4-16-40-109)110-41-17-5-18-42-110)119-81-75-116(76-82-119)126(111-43-19-6-20-44-111)112-45-21-7-22-46-112/h1-88,121-124H. The number of fused-ring (bicyclic) bond motifs is 3. The summed E-state index contributed by atoms with van der Waals surface area (Å²) in [6.07, 6.45) is 0. The normalized spacial score (nSPS) is 12.2. The van der Waals surface area contributed by atoms with E-state index in [1.807, 2.05) is 0 Å². The second-order valence-corrected chi connectivity index (χ2v) is 33.1. The van der Waals surface area contributed by atoms with E-state index in [-0.39, 0.29) is 23.7 Å². The monoisotopic (exact) mass is 1640 g/mol. The molecule has 0 aliphatic heterocycles. The number of benzene rings is 21. The fourth-order valence-electron chi connectivity index (χ4n) is 19.0. The molecule has 0 aliphatic rings. The van der Waals surface area contributed by atoms with Crippen molar-refractivity contribution in [1.29, 1.82) is 0 Å². The molecule has 21 aromatic carbocycles. The summed E-state index contributed by atoms with van der Waals surface area (Å²) in [6, 6.07) is 196. The van der Waals surface area contributed by atoms with Gasteiger partial charge in [0.1, 0.15) is 0 Å². The predicted octanol–water partition coefficient (Wildman–Crippen LogP) is 33.4. The van der Waals surface area contributed by atoms with Crippen molar-refractivity contribution in [3.63, 3.8) is 0 Å². The van der Waals surface area contributed by atoms with E-state index in [1.165, 1.54) is 99.1 Å². The molecule has 0 fully saturated rings. The second-order valence-electron chi connectivity index (χ2n) is 33.1. The number of hydrogen-bond donors (Lipinski definition) is 0. The first kappa shape index (κ1) is 78.8. The van der Waals surface area contributed by atoms with Crippen LogP contribution in [0.2, 0.25) is 0 Å². The minimum Gasteiger partial charge on any atom is -0.311 e. The van der Waals surface area contributed by atoms with Gasteiger partial charge in [-0.1, -0.05) is 382 Å². The lowest BCUT2D eigenvalue weighted by Gasteiger charge is -2.30. The van der Waals surface area contributed by atoms with E-state index >= 15 is 0 Å². The SMILES string of the molecule is c1ccc(C(c2ccc(C(c3ccc(C(c4ccccc4)c4ccc5ccccc5c4)cc3)c3ccc(C(c4ccccc4)c4ccc5ccc(-c6ccc(N(c7ccccc7)c7ccc(N(c8ccc(N(c9ccccc9)c9ccccc9)cc8)c8ccc(N(c9ccccc9)c9ccccc9)cc8)cc7)cc6)cc5c4)cc3)cc2)c2ccc3ccccc3c2)cc1. The molecule has 608 valence electrons. The molecule has 0 heterocycles. The topological polar surface area (TPSA) is 13.0 Å². The molecule has 4 heteroatoms. The summed E-state index contributed by atoms with van der Waals surface area (Å²) >= 11 is 0. The average Bonchev–Trinajstić information content (AvgIpc) is 0.780. The van der Waals surface area contributed by atoms with E-state index < -0.39 is 0 Å². The minimum absolute atomic E-state index is 0.0435. The molecule has 21 aromatic rings. The van der Waals surface area contributed by atoms with E-state index in [0.29, 0.717) is 0 Å². The average molecular weight is 1640 g/mol. The molecule has 3 unspecified atom stereocenters. The smallest absolute Gasteiger partial charge is 0.0463 e. The highest BCUT2D eigenvalue weighted by Gasteiger charge is 2.27. The summed E-state index contributed by atoms with van der Waals surface area (Å²) in [5.74, 6) is -0.0296. The zero-order chi connectivity index (χ0) is 85.3. The number of para-hydroxylation sites is 5. The van der Waals surface area contributed by atoms with Gasteiger partial charge in [-0.3, -0.25) is 0 Å². The van der Waals surface area contributed by atoms with Crippen LogP contribution in [0.15, 0.2) is 534 Å². The second kappa shape index (κ2) is 36.2. The van der Waals surface area contributed by atoms with Crippen LogP contribution in [0, 0.1) is 0 Å². The first-order valence-electron chi connectivity index (χ1n) is 44.3. The Kier molecular flexibility index (Phi) is 22.3. The van der Waals surface area contributed by atoms with Gasteiger partial charge in [0.25, 0.3) is 0 Å². The summed E-state index contributed by atoms with van der Waals surface area (Å²) < 4.78 is 0. The zero-order valence-corrected chi connectivity index (χ0v) is 70.9. The van der Waals surface area contributed by atoms with Crippen molar-refractivity contribution in [2.45, 2.75) is 23.7 Å². The molecule has 3 atom stereocenters. The van der Waals surface area contributed by atoms with Gasteiger partial charge < -0.3 is 19.6 Å². The van der Waals surface area contributed by atoms with E-state index in [0.717, 1.165) is 79.4 Å². The van der Waals surface area contributed by atoms with Crippen LogP contribution in [0.25, 0.3) is 43.4 Å². The quantitative estimate of drug-likeness (QED) is 0.0529. The highest BCUT2D eigenvalue weighted by Crippen LogP contribution is 2.47. The zero-order valence-electron chi connectivity index (χ0n) is 70.9. The molecule has 0 saturated carbocycles. The lowest BCUT2D eigenvalue weighted by Crippen LogP contribution is -2.13. The number of rotatable bonds is 25. The van der Waals surface area contributed by atoms with Crippen molar-refractivity contribution in [2.75, 3.05) is 19.6 Å².